The van der Waals surface area contributed by atoms with Gasteiger partial charge >= 0.3 is 0 Å². The summed E-state index contributed by atoms with van der Waals surface area (Å²) in [5.41, 5.74) is 9.62. The van der Waals surface area contributed by atoms with Crippen LogP contribution >= 0.6 is 34.8 Å². The predicted molar refractivity (Wildman–Crippen MR) is 138 cm³/mol. The second kappa shape index (κ2) is 10.7. The third kappa shape index (κ3) is 5.82. The van der Waals surface area contributed by atoms with Gasteiger partial charge in [0.2, 0.25) is 5.62 Å². The van der Waals surface area contributed by atoms with Crippen LogP contribution in [0.15, 0.2) is 72.6 Å². The van der Waals surface area contributed by atoms with Crippen molar-refractivity contribution in [3.63, 3.8) is 0 Å². The molecule has 0 bridgehead atoms. The summed E-state index contributed by atoms with van der Waals surface area (Å²) in [5.74, 6) is -0.302. The SMILES string of the molecule is N=c1n(C/C(N)=C/NCc2cccc(F)c2)c2cc(Cl)ccc2n1CC(O)c1ccc(Cl)c(Cl)c1. The number of imidazole rings is 1. The zero-order valence-electron chi connectivity index (χ0n) is 18.5. The van der Waals surface area contributed by atoms with Crippen LogP contribution in [0.3, 0.4) is 0 Å². The van der Waals surface area contributed by atoms with E-state index in [1.165, 1.54) is 12.1 Å². The van der Waals surface area contributed by atoms with Crippen LogP contribution in [0.1, 0.15) is 17.2 Å². The first-order chi connectivity index (χ1) is 16.7. The highest BCUT2D eigenvalue weighted by Gasteiger charge is 2.17. The van der Waals surface area contributed by atoms with Gasteiger partial charge in [0, 0.05) is 23.5 Å². The Hall–Kier alpha value is -2.97. The Morgan fingerprint density at radius 1 is 1.03 bits per heavy atom. The van der Waals surface area contributed by atoms with Crippen molar-refractivity contribution in [3.8, 4) is 0 Å². The number of aromatic nitrogens is 2. The van der Waals surface area contributed by atoms with Crippen LogP contribution in [-0.4, -0.2) is 14.2 Å². The second-order valence-electron chi connectivity index (χ2n) is 8.07. The molecule has 0 fully saturated rings. The Kier molecular flexibility index (Phi) is 7.72. The van der Waals surface area contributed by atoms with E-state index in [4.69, 9.17) is 45.9 Å². The number of benzene rings is 3. The van der Waals surface area contributed by atoms with Gasteiger partial charge in [-0.1, -0.05) is 53.0 Å². The van der Waals surface area contributed by atoms with Crippen LogP contribution in [0.2, 0.25) is 15.1 Å². The fourth-order valence-electron chi connectivity index (χ4n) is 3.83. The predicted octanol–water partition coefficient (Wildman–Crippen LogP) is 5.35. The van der Waals surface area contributed by atoms with Crippen molar-refractivity contribution in [3.05, 3.63) is 110 Å². The number of hydrogen-bond donors (Lipinski definition) is 4. The summed E-state index contributed by atoms with van der Waals surface area (Å²) in [7, 11) is 0. The van der Waals surface area contributed by atoms with Crippen molar-refractivity contribution in [1.82, 2.24) is 14.5 Å². The zero-order chi connectivity index (χ0) is 25.1. The van der Waals surface area contributed by atoms with Crippen LogP contribution < -0.4 is 16.7 Å². The number of nitrogens with one attached hydrogen (secondary N) is 2. The largest absolute Gasteiger partial charge is 0.399 e. The van der Waals surface area contributed by atoms with Gasteiger partial charge in [0.15, 0.2) is 0 Å². The fraction of sp³-hybridized carbons (Fsp3) is 0.160. The highest BCUT2D eigenvalue weighted by molar-refractivity contribution is 6.42. The number of halogens is 4. The van der Waals surface area contributed by atoms with Crippen molar-refractivity contribution in [1.29, 1.82) is 5.41 Å². The van der Waals surface area contributed by atoms with Crippen molar-refractivity contribution >= 4 is 45.8 Å². The lowest BCUT2D eigenvalue weighted by atomic mass is 10.1. The average molecular weight is 535 g/mol. The molecule has 0 aliphatic carbocycles. The number of aliphatic hydroxyl groups excluding tert-OH is 1. The Bertz CT molecular complexity index is 1460. The van der Waals surface area contributed by atoms with Crippen molar-refractivity contribution in [2.24, 2.45) is 5.73 Å². The van der Waals surface area contributed by atoms with E-state index in [-0.39, 0.29) is 24.5 Å². The summed E-state index contributed by atoms with van der Waals surface area (Å²) >= 11 is 18.3. The van der Waals surface area contributed by atoms with Gasteiger partial charge in [0.25, 0.3) is 0 Å². The van der Waals surface area contributed by atoms with Crippen molar-refractivity contribution in [2.45, 2.75) is 25.7 Å². The summed E-state index contributed by atoms with van der Waals surface area (Å²) in [6, 6.07) is 16.5. The molecule has 35 heavy (non-hydrogen) atoms. The smallest absolute Gasteiger partial charge is 0.203 e. The van der Waals surface area contributed by atoms with E-state index in [9.17, 15) is 9.50 Å². The molecule has 1 heterocycles. The van der Waals surface area contributed by atoms with Crippen LogP contribution in [-0.2, 0) is 19.6 Å². The molecular weight excluding hydrogens is 512 g/mol. The van der Waals surface area contributed by atoms with Gasteiger partial charge in [-0.3, -0.25) is 5.41 Å². The molecule has 6 nitrogen and oxygen atoms in total. The summed E-state index contributed by atoms with van der Waals surface area (Å²) in [6.07, 6.45) is 0.713. The molecule has 182 valence electrons. The molecule has 0 saturated heterocycles. The number of nitrogens with two attached hydrogens (primary N) is 1. The summed E-state index contributed by atoms with van der Waals surface area (Å²) < 4.78 is 16.8. The number of fused-ring (bicyclic) bond motifs is 1. The van der Waals surface area contributed by atoms with E-state index in [0.717, 1.165) is 11.1 Å². The number of allylic oxidation sites excluding steroid dienone is 1. The van der Waals surface area contributed by atoms with E-state index < -0.39 is 6.10 Å². The molecular formula is C25H23Cl3FN5O. The van der Waals surface area contributed by atoms with E-state index in [1.54, 1.807) is 57.8 Å². The highest BCUT2D eigenvalue weighted by atomic mass is 35.5. The van der Waals surface area contributed by atoms with E-state index in [2.05, 4.69) is 5.32 Å². The van der Waals surface area contributed by atoms with Gasteiger partial charge in [-0.2, -0.15) is 0 Å². The maximum atomic E-state index is 13.4. The minimum absolute atomic E-state index is 0.114. The Morgan fingerprint density at radius 2 is 1.83 bits per heavy atom. The molecule has 4 aromatic rings. The second-order valence-corrected chi connectivity index (χ2v) is 9.32. The number of hydrogen-bond acceptors (Lipinski definition) is 4. The minimum atomic E-state index is -0.922. The maximum absolute atomic E-state index is 13.4. The first kappa shape index (κ1) is 25.1. The minimum Gasteiger partial charge on any atom is -0.399 e. The number of rotatable bonds is 8. The van der Waals surface area contributed by atoms with Gasteiger partial charge in [-0.05, 0) is 53.6 Å². The fourth-order valence-corrected chi connectivity index (χ4v) is 4.31. The zero-order valence-corrected chi connectivity index (χ0v) is 20.7. The molecule has 0 saturated carbocycles. The molecule has 1 atom stereocenters. The first-order valence-corrected chi connectivity index (χ1v) is 11.8. The molecule has 10 heteroatoms. The first-order valence-electron chi connectivity index (χ1n) is 10.7. The molecule has 0 aliphatic rings. The third-order valence-electron chi connectivity index (χ3n) is 5.54. The van der Waals surface area contributed by atoms with Crippen molar-refractivity contribution < 1.29 is 9.50 Å². The average Bonchev–Trinajstić information content (AvgIpc) is 3.06. The van der Waals surface area contributed by atoms with Crippen molar-refractivity contribution in [2.75, 3.05) is 0 Å². The standard InChI is InChI=1S/C25H23Cl3FN5O/c26-17-5-7-22-23(10-17)33(13-19(30)12-32-11-15-2-1-3-18(29)8-15)25(31)34(22)14-24(35)16-4-6-20(27)21(28)9-16/h1-10,12,24,31-32,35H,11,13-14,30H2/b19-12-,31-25?. The molecule has 4 rings (SSSR count). The molecule has 5 N–H and O–H groups in total. The number of aliphatic hydroxyl groups is 1. The third-order valence-corrected chi connectivity index (χ3v) is 6.51. The van der Waals surface area contributed by atoms with Gasteiger partial charge in [0.1, 0.15) is 5.82 Å². The molecule has 0 amide bonds. The van der Waals surface area contributed by atoms with Crippen LogP contribution in [0, 0.1) is 11.2 Å². The van der Waals surface area contributed by atoms with E-state index in [0.29, 0.717) is 38.4 Å². The lowest BCUT2D eigenvalue weighted by Crippen LogP contribution is -2.28. The van der Waals surface area contributed by atoms with E-state index in [1.807, 2.05) is 6.07 Å². The van der Waals surface area contributed by atoms with E-state index >= 15 is 0 Å². The Labute approximate surface area is 216 Å². The lowest BCUT2D eigenvalue weighted by molar-refractivity contribution is 0.155. The maximum Gasteiger partial charge on any atom is 0.203 e. The van der Waals surface area contributed by atoms with Gasteiger partial charge in [-0.15, -0.1) is 0 Å². The van der Waals surface area contributed by atoms with Crippen LogP contribution in [0.4, 0.5) is 4.39 Å². The van der Waals surface area contributed by atoms with Crippen LogP contribution in [0.5, 0.6) is 0 Å². The Morgan fingerprint density at radius 3 is 2.57 bits per heavy atom. The normalized spacial score (nSPS) is 12.8. The van der Waals surface area contributed by atoms with Gasteiger partial charge in [0.05, 0.1) is 40.3 Å². The molecule has 1 unspecified atom stereocenters. The Balaban J connectivity index is 1.59. The number of nitrogens with zero attached hydrogens (tertiary/aromatic N) is 2. The topological polar surface area (TPSA) is 92.0 Å². The van der Waals surface area contributed by atoms with Gasteiger partial charge < -0.3 is 25.3 Å². The quantitative estimate of drug-likeness (QED) is 0.246. The van der Waals surface area contributed by atoms with Gasteiger partial charge in [-0.25, -0.2) is 4.39 Å². The summed E-state index contributed by atoms with van der Waals surface area (Å²) in [4.78, 5) is 0. The summed E-state index contributed by atoms with van der Waals surface area (Å²) in [5, 5.41) is 24.0. The monoisotopic (exact) mass is 533 g/mol. The van der Waals surface area contributed by atoms with Crippen LogP contribution in [0.25, 0.3) is 11.0 Å². The lowest BCUT2D eigenvalue weighted by Gasteiger charge is -2.13. The molecule has 1 aromatic heterocycles. The summed E-state index contributed by atoms with van der Waals surface area (Å²) in [6.45, 7) is 0.728. The highest BCUT2D eigenvalue weighted by Crippen LogP contribution is 2.27. The molecule has 3 aromatic carbocycles. The molecule has 0 radical (unpaired) electrons. The molecule has 0 spiro atoms. The molecule has 0 aliphatic heterocycles.